The van der Waals surface area contributed by atoms with Gasteiger partial charge >= 0.3 is 11.8 Å². The van der Waals surface area contributed by atoms with Crippen molar-refractivity contribution in [1.29, 1.82) is 0 Å². The summed E-state index contributed by atoms with van der Waals surface area (Å²) >= 11 is 0. The van der Waals surface area contributed by atoms with E-state index >= 15 is 0 Å². The molecule has 0 fully saturated rings. The Morgan fingerprint density at radius 3 is 2.66 bits per heavy atom. The quantitative estimate of drug-likeness (QED) is 0.674. The van der Waals surface area contributed by atoms with Crippen molar-refractivity contribution in [3.8, 4) is 0 Å². The number of aliphatic hydroxyl groups excluding tert-OH is 1. The molecular formula is C21H22FN3O4. The van der Waals surface area contributed by atoms with Gasteiger partial charge in [-0.2, -0.15) is 0 Å². The third kappa shape index (κ3) is 4.27. The van der Waals surface area contributed by atoms with Crippen molar-refractivity contribution in [2.45, 2.75) is 31.4 Å². The number of carbonyl (C=O) groups excluding carboxylic acids is 3. The fourth-order valence-corrected chi connectivity index (χ4v) is 3.60. The molecule has 0 aromatic heterocycles. The monoisotopic (exact) mass is 399 g/mol. The van der Waals surface area contributed by atoms with E-state index in [9.17, 15) is 23.9 Å². The zero-order chi connectivity index (χ0) is 21.1. The molecule has 1 aliphatic heterocycles. The van der Waals surface area contributed by atoms with E-state index < -0.39 is 41.6 Å². The second-order valence-corrected chi connectivity index (χ2v) is 7.05. The maximum Gasteiger partial charge on any atom is 0.316 e. The number of carbonyl (C=O) groups is 3. The van der Waals surface area contributed by atoms with E-state index in [4.69, 9.17) is 5.73 Å². The van der Waals surface area contributed by atoms with E-state index in [2.05, 4.69) is 5.32 Å². The number of fused-ring (bicyclic) bond motifs is 1. The zero-order valence-electron chi connectivity index (χ0n) is 15.8. The minimum atomic E-state index is -1.16. The third-order valence-corrected chi connectivity index (χ3v) is 5.04. The standard InChI is InChI=1S/C21H22FN3O4/c1-12-9-16(19(23)27)15-7-2-3-8-17(15)25(12)21(29)20(28)24-11-18(26)13-5-4-6-14(22)10-13/h2-8,10,12,16,18,26H,9,11H2,1H3,(H2,23,27)(H,24,28). The molecule has 3 unspecified atom stereocenters. The van der Waals surface area contributed by atoms with Gasteiger partial charge in [0.05, 0.1) is 12.0 Å². The van der Waals surface area contributed by atoms with Gasteiger partial charge in [0.25, 0.3) is 0 Å². The molecule has 0 saturated carbocycles. The summed E-state index contributed by atoms with van der Waals surface area (Å²) in [6, 6.07) is 11.8. The lowest BCUT2D eigenvalue weighted by molar-refractivity contribution is -0.138. The number of hydrogen-bond acceptors (Lipinski definition) is 4. The summed E-state index contributed by atoms with van der Waals surface area (Å²) in [5, 5.41) is 12.5. The van der Waals surface area contributed by atoms with Gasteiger partial charge in [0, 0.05) is 18.3 Å². The number of para-hydroxylation sites is 1. The number of amides is 3. The minimum absolute atomic E-state index is 0.248. The smallest absolute Gasteiger partial charge is 0.316 e. The van der Waals surface area contributed by atoms with Gasteiger partial charge in [-0.3, -0.25) is 14.4 Å². The molecule has 0 aliphatic carbocycles. The number of aliphatic hydroxyl groups is 1. The van der Waals surface area contributed by atoms with Crippen LogP contribution in [0.3, 0.4) is 0 Å². The summed E-state index contributed by atoms with van der Waals surface area (Å²) in [5.74, 6) is -3.24. The number of anilines is 1. The number of nitrogens with two attached hydrogens (primary N) is 1. The second-order valence-electron chi connectivity index (χ2n) is 7.05. The Labute approximate surface area is 167 Å². The highest BCUT2D eigenvalue weighted by Crippen LogP contribution is 2.38. The van der Waals surface area contributed by atoms with Gasteiger partial charge in [0.2, 0.25) is 5.91 Å². The average molecular weight is 399 g/mol. The van der Waals surface area contributed by atoms with E-state index in [1.165, 1.54) is 23.1 Å². The van der Waals surface area contributed by atoms with Crippen LogP contribution in [0.5, 0.6) is 0 Å². The minimum Gasteiger partial charge on any atom is -0.387 e. The van der Waals surface area contributed by atoms with Crippen LogP contribution in [0.4, 0.5) is 10.1 Å². The molecule has 0 bridgehead atoms. The normalized spacial score (nSPS) is 19.2. The number of nitrogens with zero attached hydrogens (tertiary/aromatic N) is 1. The topological polar surface area (TPSA) is 113 Å². The molecule has 2 aromatic carbocycles. The first-order valence-corrected chi connectivity index (χ1v) is 9.22. The van der Waals surface area contributed by atoms with Gasteiger partial charge in [-0.15, -0.1) is 0 Å². The molecule has 3 atom stereocenters. The number of nitrogens with one attached hydrogen (secondary N) is 1. The van der Waals surface area contributed by atoms with Crippen molar-refractivity contribution in [3.63, 3.8) is 0 Å². The molecule has 3 rings (SSSR count). The van der Waals surface area contributed by atoms with Crippen molar-refractivity contribution in [2.24, 2.45) is 5.73 Å². The maximum atomic E-state index is 13.3. The lowest BCUT2D eigenvalue weighted by atomic mass is 9.85. The summed E-state index contributed by atoms with van der Waals surface area (Å²) in [4.78, 5) is 38.4. The highest BCUT2D eigenvalue weighted by atomic mass is 19.1. The Kier molecular flexibility index (Phi) is 5.93. The lowest BCUT2D eigenvalue weighted by Crippen LogP contribution is -2.51. The third-order valence-electron chi connectivity index (χ3n) is 5.04. The fraction of sp³-hybridized carbons (Fsp3) is 0.286. The number of primary amides is 1. The number of halogens is 1. The summed E-state index contributed by atoms with van der Waals surface area (Å²) in [6.07, 6.45) is -0.857. The van der Waals surface area contributed by atoms with E-state index in [1.807, 2.05) is 0 Å². The van der Waals surface area contributed by atoms with Crippen LogP contribution in [0.15, 0.2) is 48.5 Å². The van der Waals surface area contributed by atoms with E-state index in [1.54, 1.807) is 31.2 Å². The predicted octanol–water partition coefficient (Wildman–Crippen LogP) is 1.37. The van der Waals surface area contributed by atoms with Gasteiger partial charge in [0.1, 0.15) is 5.82 Å². The lowest BCUT2D eigenvalue weighted by Gasteiger charge is -2.37. The van der Waals surface area contributed by atoms with Crippen LogP contribution in [-0.4, -0.2) is 35.4 Å². The van der Waals surface area contributed by atoms with E-state index in [-0.39, 0.29) is 6.54 Å². The zero-order valence-corrected chi connectivity index (χ0v) is 15.8. The molecule has 1 aliphatic rings. The first-order chi connectivity index (χ1) is 13.8. The van der Waals surface area contributed by atoms with Crippen LogP contribution < -0.4 is 16.0 Å². The summed E-state index contributed by atoms with van der Waals surface area (Å²) in [6.45, 7) is 1.49. The van der Waals surface area contributed by atoms with Crippen LogP contribution in [0, 0.1) is 5.82 Å². The molecule has 0 saturated heterocycles. The molecular weight excluding hydrogens is 377 g/mol. The summed E-state index contributed by atoms with van der Waals surface area (Å²) in [7, 11) is 0. The Hall–Kier alpha value is -3.26. The van der Waals surface area contributed by atoms with Crippen LogP contribution >= 0.6 is 0 Å². The number of hydrogen-bond donors (Lipinski definition) is 3. The molecule has 152 valence electrons. The molecule has 7 nitrogen and oxygen atoms in total. The van der Waals surface area contributed by atoms with Crippen LogP contribution in [0.25, 0.3) is 0 Å². The summed E-state index contributed by atoms with van der Waals surface area (Å²) in [5.41, 5.74) is 6.84. The van der Waals surface area contributed by atoms with Crippen LogP contribution in [0.2, 0.25) is 0 Å². The Morgan fingerprint density at radius 1 is 1.24 bits per heavy atom. The van der Waals surface area contributed by atoms with E-state index in [0.29, 0.717) is 23.2 Å². The Morgan fingerprint density at radius 2 is 1.97 bits per heavy atom. The predicted molar refractivity (Wildman–Crippen MR) is 104 cm³/mol. The van der Waals surface area contributed by atoms with E-state index in [0.717, 1.165) is 6.07 Å². The summed E-state index contributed by atoms with van der Waals surface area (Å²) < 4.78 is 13.3. The fourth-order valence-electron chi connectivity index (χ4n) is 3.60. The van der Waals surface area contributed by atoms with Crippen molar-refractivity contribution >= 4 is 23.4 Å². The average Bonchev–Trinajstić information content (AvgIpc) is 2.70. The van der Waals surface area contributed by atoms with Crippen molar-refractivity contribution in [1.82, 2.24) is 5.32 Å². The molecule has 29 heavy (non-hydrogen) atoms. The molecule has 1 heterocycles. The van der Waals surface area contributed by atoms with Crippen LogP contribution in [0.1, 0.15) is 36.5 Å². The van der Waals surface area contributed by atoms with Gasteiger partial charge < -0.3 is 21.1 Å². The number of benzene rings is 2. The van der Waals surface area contributed by atoms with Crippen molar-refractivity contribution in [3.05, 3.63) is 65.5 Å². The van der Waals surface area contributed by atoms with Crippen molar-refractivity contribution < 1.29 is 23.9 Å². The Bertz CT molecular complexity index is 949. The van der Waals surface area contributed by atoms with Crippen molar-refractivity contribution in [2.75, 3.05) is 11.4 Å². The van der Waals surface area contributed by atoms with Gasteiger partial charge in [-0.1, -0.05) is 30.3 Å². The molecule has 4 N–H and O–H groups in total. The Balaban J connectivity index is 1.74. The molecule has 2 aromatic rings. The highest BCUT2D eigenvalue weighted by molar-refractivity contribution is 6.40. The van der Waals surface area contributed by atoms with Gasteiger partial charge in [-0.05, 0) is 42.7 Å². The molecule has 3 amide bonds. The first-order valence-electron chi connectivity index (χ1n) is 9.22. The van der Waals surface area contributed by atoms with Crippen LogP contribution in [-0.2, 0) is 14.4 Å². The molecule has 8 heteroatoms. The number of rotatable bonds is 4. The van der Waals surface area contributed by atoms with Gasteiger partial charge in [0.15, 0.2) is 0 Å². The second kappa shape index (κ2) is 8.40. The highest BCUT2D eigenvalue weighted by Gasteiger charge is 2.38. The van der Waals surface area contributed by atoms with Gasteiger partial charge in [-0.25, -0.2) is 4.39 Å². The molecule has 0 radical (unpaired) electrons. The first kappa shape index (κ1) is 20.5. The molecule has 0 spiro atoms. The SMILES string of the molecule is CC1CC(C(N)=O)c2ccccc2N1C(=O)C(=O)NCC(O)c1cccc(F)c1. The largest absolute Gasteiger partial charge is 0.387 e. The maximum absolute atomic E-state index is 13.3.